The van der Waals surface area contributed by atoms with Crippen molar-refractivity contribution in [3.05, 3.63) is 70.3 Å². The number of aryl methyl sites for hydroxylation is 1. The van der Waals surface area contributed by atoms with Gasteiger partial charge in [-0.2, -0.15) is 26.3 Å². The number of aromatic nitrogens is 1. The SMILES string of the molecule is Cc1cccc2cc(CN(Cc3cc(C(F)(F)F)cc(C(F)(F)F)c3)/C(N)=N/N(N)CCO)c(N(CC3CC3)CC3CC3)nc12. The highest BCUT2D eigenvalue weighted by Crippen LogP contribution is 2.39. The predicted octanol–water partition coefficient (Wildman–Crippen LogP) is 5.61. The normalized spacial score (nSPS) is 15.9. The molecule has 2 saturated carbocycles. The molecule has 3 aromatic rings. The molecule has 0 saturated heterocycles. The lowest BCUT2D eigenvalue weighted by molar-refractivity contribution is -0.143. The first-order chi connectivity index (χ1) is 21.2. The number of aliphatic hydroxyl groups is 1. The number of aliphatic hydroxyl groups excluding tert-OH is 1. The molecule has 14 heteroatoms. The van der Waals surface area contributed by atoms with Crippen LogP contribution in [-0.2, 0) is 25.4 Å². The first-order valence-corrected chi connectivity index (χ1v) is 14.9. The van der Waals surface area contributed by atoms with Gasteiger partial charge in [0.1, 0.15) is 5.82 Å². The van der Waals surface area contributed by atoms with Gasteiger partial charge >= 0.3 is 12.4 Å². The molecule has 8 nitrogen and oxygen atoms in total. The molecule has 2 aliphatic rings. The number of guanidine groups is 1. The van der Waals surface area contributed by atoms with Crippen molar-refractivity contribution in [3.63, 3.8) is 0 Å². The fourth-order valence-corrected chi connectivity index (χ4v) is 5.34. The van der Waals surface area contributed by atoms with Gasteiger partial charge in [-0.1, -0.05) is 18.2 Å². The van der Waals surface area contributed by atoms with Gasteiger partial charge in [-0.05, 0) is 79.8 Å². The molecule has 5 N–H and O–H groups in total. The maximum absolute atomic E-state index is 13.7. The maximum Gasteiger partial charge on any atom is 0.416 e. The summed E-state index contributed by atoms with van der Waals surface area (Å²) >= 11 is 0. The van der Waals surface area contributed by atoms with Crippen molar-refractivity contribution in [3.8, 4) is 0 Å². The zero-order valence-electron chi connectivity index (χ0n) is 24.9. The minimum absolute atomic E-state index is 0.0298. The third-order valence-electron chi connectivity index (χ3n) is 8.02. The van der Waals surface area contributed by atoms with Crippen molar-refractivity contribution in [2.45, 2.75) is 58.0 Å². The van der Waals surface area contributed by atoms with Crippen LogP contribution < -0.4 is 16.5 Å². The van der Waals surface area contributed by atoms with E-state index in [2.05, 4.69) is 10.0 Å². The van der Waals surface area contributed by atoms with E-state index in [0.717, 1.165) is 60.4 Å². The van der Waals surface area contributed by atoms with Gasteiger partial charge in [-0.3, -0.25) is 0 Å². The summed E-state index contributed by atoms with van der Waals surface area (Å²) in [6.45, 7) is 2.63. The monoisotopic (exact) mass is 637 g/mol. The number of halogens is 6. The summed E-state index contributed by atoms with van der Waals surface area (Å²) in [5, 5.41) is 15.0. The van der Waals surface area contributed by atoms with Crippen LogP contribution in [0.5, 0.6) is 0 Å². The van der Waals surface area contributed by atoms with Crippen LogP contribution >= 0.6 is 0 Å². The molecular formula is C31H37F6N7O. The molecule has 2 fully saturated rings. The van der Waals surface area contributed by atoms with Crippen molar-refractivity contribution in [2.75, 3.05) is 31.1 Å². The highest BCUT2D eigenvalue weighted by atomic mass is 19.4. The van der Waals surface area contributed by atoms with Gasteiger partial charge in [0.2, 0.25) is 5.96 Å². The smallest absolute Gasteiger partial charge is 0.394 e. The van der Waals surface area contributed by atoms with Crippen LogP contribution in [0.25, 0.3) is 10.9 Å². The van der Waals surface area contributed by atoms with Crippen molar-refractivity contribution >= 4 is 22.7 Å². The van der Waals surface area contributed by atoms with E-state index in [-0.39, 0.29) is 37.3 Å². The summed E-state index contributed by atoms with van der Waals surface area (Å²) in [5.74, 6) is 7.34. The Balaban J connectivity index is 1.60. The average Bonchev–Trinajstić information content (AvgIpc) is 3.89. The average molecular weight is 638 g/mol. The third kappa shape index (κ3) is 8.48. The largest absolute Gasteiger partial charge is 0.416 e. The molecule has 0 unspecified atom stereocenters. The van der Waals surface area contributed by atoms with Gasteiger partial charge in [0.05, 0.1) is 29.8 Å². The van der Waals surface area contributed by atoms with E-state index in [1.807, 2.05) is 31.2 Å². The highest BCUT2D eigenvalue weighted by Gasteiger charge is 2.37. The molecule has 0 amide bonds. The number of hydrogen-bond acceptors (Lipinski definition) is 6. The van der Waals surface area contributed by atoms with Crippen LogP contribution in [0.3, 0.4) is 0 Å². The zero-order valence-corrected chi connectivity index (χ0v) is 24.9. The molecular weight excluding hydrogens is 600 g/mol. The Labute approximate surface area is 257 Å². The fraction of sp³-hybridized carbons (Fsp3) is 0.484. The van der Waals surface area contributed by atoms with Gasteiger partial charge in [0.25, 0.3) is 0 Å². The number of para-hydroxylation sites is 1. The topological polar surface area (TPSA) is 107 Å². The number of nitrogens with two attached hydrogens (primary N) is 2. The van der Waals surface area contributed by atoms with Gasteiger partial charge in [-0.25, -0.2) is 15.9 Å². The van der Waals surface area contributed by atoms with E-state index >= 15 is 0 Å². The number of nitrogens with zero attached hydrogens (tertiary/aromatic N) is 5. The van der Waals surface area contributed by atoms with Crippen molar-refractivity contribution in [1.82, 2.24) is 15.0 Å². The third-order valence-corrected chi connectivity index (χ3v) is 8.02. The van der Waals surface area contributed by atoms with Crippen LogP contribution in [0, 0.1) is 18.8 Å². The number of benzene rings is 2. The van der Waals surface area contributed by atoms with Crippen molar-refractivity contribution < 1.29 is 31.4 Å². The van der Waals surface area contributed by atoms with Gasteiger partial charge in [0, 0.05) is 37.1 Å². The minimum atomic E-state index is -5.00. The van der Waals surface area contributed by atoms with Crippen LogP contribution in [0.15, 0.2) is 47.6 Å². The second kappa shape index (κ2) is 12.9. The summed E-state index contributed by atoms with van der Waals surface area (Å²) < 4.78 is 82.1. The number of hydrazine groups is 1. The standard InChI is InChI=1S/C31H37F6N7O/c1-19-3-2-4-23-13-24(28(40-27(19)23)42(15-20-5-6-20)16-21-7-8-21)18-43(29(38)41-44(39)9-10-45)17-22-11-25(30(32,33)34)14-26(12-22)31(35,36)37/h2-4,11-14,20-21,45H,5-10,15-18,39H2,1H3,(H2,38,41). The Bertz CT molecular complexity index is 1490. The predicted molar refractivity (Wildman–Crippen MR) is 159 cm³/mol. The molecule has 1 heterocycles. The van der Waals surface area contributed by atoms with Crippen LogP contribution in [-0.4, -0.2) is 52.3 Å². The lowest BCUT2D eigenvalue weighted by Crippen LogP contribution is -2.41. The number of hydrogen-bond donors (Lipinski definition) is 3. The van der Waals surface area contributed by atoms with Crippen LogP contribution in [0.4, 0.5) is 32.2 Å². The number of alkyl halides is 6. The van der Waals surface area contributed by atoms with Crippen molar-refractivity contribution in [2.24, 2.45) is 28.5 Å². The molecule has 0 spiro atoms. The number of rotatable bonds is 12. The number of pyridine rings is 1. The van der Waals surface area contributed by atoms with Gasteiger partial charge < -0.3 is 20.6 Å². The Morgan fingerprint density at radius 3 is 2.07 bits per heavy atom. The summed E-state index contributed by atoms with van der Waals surface area (Å²) in [4.78, 5) is 8.73. The van der Waals surface area contributed by atoms with Crippen LogP contribution in [0.1, 0.15) is 53.5 Å². The molecule has 0 bridgehead atoms. The van der Waals surface area contributed by atoms with E-state index in [9.17, 15) is 31.4 Å². The number of anilines is 1. The quantitative estimate of drug-likeness (QED) is 0.0780. The minimum Gasteiger partial charge on any atom is -0.394 e. The van der Waals surface area contributed by atoms with E-state index < -0.39 is 30.0 Å². The Morgan fingerprint density at radius 1 is 0.933 bits per heavy atom. The van der Waals surface area contributed by atoms with Gasteiger partial charge in [0.15, 0.2) is 0 Å². The molecule has 5 rings (SSSR count). The second-order valence-corrected chi connectivity index (χ2v) is 12.0. The van der Waals surface area contributed by atoms with E-state index in [1.165, 1.54) is 4.90 Å². The Hall–Kier alpha value is -3.78. The summed E-state index contributed by atoms with van der Waals surface area (Å²) in [6, 6.07) is 9.16. The zero-order chi connectivity index (χ0) is 32.5. The lowest BCUT2D eigenvalue weighted by Gasteiger charge is -2.30. The van der Waals surface area contributed by atoms with Gasteiger partial charge in [-0.15, -0.1) is 5.10 Å². The molecule has 0 radical (unpaired) electrons. The van der Waals surface area contributed by atoms with E-state index in [0.29, 0.717) is 35.3 Å². The second-order valence-electron chi connectivity index (χ2n) is 12.0. The molecule has 2 aliphatic carbocycles. The lowest BCUT2D eigenvalue weighted by atomic mass is 10.0. The van der Waals surface area contributed by atoms with E-state index in [4.69, 9.17) is 16.6 Å². The number of hydrazone groups is 1. The Morgan fingerprint density at radius 2 is 1.53 bits per heavy atom. The first-order valence-electron chi connectivity index (χ1n) is 14.9. The summed E-state index contributed by atoms with van der Waals surface area (Å²) in [7, 11) is 0. The first kappa shape index (κ1) is 32.6. The summed E-state index contributed by atoms with van der Waals surface area (Å²) in [6.07, 6.45) is -5.55. The van der Waals surface area contributed by atoms with Crippen LogP contribution in [0.2, 0.25) is 0 Å². The molecule has 244 valence electrons. The molecule has 0 aliphatic heterocycles. The Kier molecular flexibility index (Phi) is 9.36. The van der Waals surface area contributed by atoms with E-state index in [1.54, 1.807) is 0 Å². The molecule has 45 heavy (non-hydrogen) atoms. The maximum atomic E-state index is 13.7. The molecule has 0 atom stereocenters. The summed E-state index contributed by atoms with van der Waals surface area (Å²) in [5.41, 5.74) is 5.70. The highest BCUT2D eigenvalue weighted by molar-refractivity contribution is 5.85. The molecule has 1 aromatic heterocycles. The van der Waals surface area contributed by atoms with Crippen molar-refractivity contribution in [1.29, 1.82) is 0 Å². The molecule has 2 aromatic carbocycles. The number of fused-ring (bicyclic) bond motifs is 1. The fourth-order valence-electron chi connectivity index (χ4n) is 5.34.